The Balaban J connectivity index is 2.17. The van der Waals surface area contributed by atoms with E-state index in [2.05, 4.69) is 10.3 Å². The van der Waals surface area contributed by atoms with Crippen molar-refractivity contribution in [3.05, 3.63) is 32.5 Å². The first kappa shape index (κ1) is 14.7. The molecule has 2 aromatic rings. The van der Waals surface area contributed by atoms with Gasteiger partial charge in [-0.3, -0.25) is 14.9 Å². The van der Waals surface area contributed by atoms with Crippen molar-refractivity contribution in [3.8, 4) is 0 Å². The van der Waals surface area contributed by atoms with Crippen molar-refractivity contribution in [1.29, 1.82) is 0 Å². The normalized spacial score (nSPS) is 10.4. The summed E-state index contributed by atoms with van der Waals surface area (Å²) in [6.07, 6.45) is 0. The van der Waals surface area contributed by atoms with Gasteiger partial charge < -0.3 is 4.90 Å². The van der Waals surface area contributed by atoms with E-state index in [0.29, 0.717) is 21.3 Å². The highest BCUT2D eigenvalue weighted by molar-refractivity contribution is 7.17. The van der Waals surface area contributed by atoms with Crippen molar-refractivity contribution in [1.82, 2.24) is 9.88 Å². The summed E-state index contributed by atoms with van der Waals surface area (Å²) in [6.45, 7) is 3.71. The average Bonchev–Trinajstić information content (AvgIpc) is 2.94. The summed E-state index contributed by atoms with van der Waals surface area (Å²) in [4.78, 5) is 31.3. The lowest BCUT2D eigenvalue weighted by atomic mass is 10.3. The summed E-state index contributed by atoms with van der Waals surface area (Å²) in [7, 11) is 3.38. The number of hydrogen-bond acceptors (Lipinski definition) is 5. The van der Waals surface area contributed by atoms with Crippen molar-refractivity contribution >= 4 is 39.6 Å². The molecule has 0 unspecified atom stereocenters. The first-order chi connectivity index (χ1) is 9.38. The molecule has 2 rings (SSSR count). The first-order valence-electron chi connectivity index (χ1n) is 5.94. The van der Waals surface area contributed by atoms with Crippen LogP contribution in [0.2, 0.25) is 0 Å². The molecule has 7 heteroatoms. The summed E-state index contributed by atoms with van der Waals surface area (Å²) in [6, 6.07) is 1.83. The van der Waals surface area contributed by atoms with E-state index in [-0.39, 0.29) is 11.8 Å². The molecule has 0 aliphatic carbocycles. The lowest BCUT2D eigenvalue weighted by Crippen LogP contribution is -2.21. The van der Waals surface area contributed by atoms with Crippen LogP contribution < -0.4 is 5.32 Å². The summed E-state index contributed by atoms with van der Waals surface area (Å²) in [5, 5.41) is 4.98. The van der Waals surface area contributed by atoms with E-state index in [1.54, 1.807) is 26.4 Å². The number of anilines is 1. The molecule has 0 spiro atoms. The van der Waals surface area contributed by atoms with Crippen LogP contribution in [0, 0.1) is 13.8 Å². The van der Waals surface area contributed by atoms with Gasteiger partial charge in [0, 0.05) is 24.4 Å². The summed E-state index contributed by atoms with van der Waals surface area (Å²) < 4.78 is 0. The molecule has 2 amide bonds. The van der Waals surface area contributed by atoms with Crippen molar-refractivity contribution in [2.24, 2.45) is 0 Å². The standard InChI is InChI=1S/C13H15N3O2S2/c1-7-5-9(6-19-7)11(17)15-13-14-8(2)10(20-13)12(18)16(3)4/h5-6H,1-4H3,(H,14,15,17). The van der Waals surface area contributed by atoms with Gasteiger partial charge in [0.2, 0.25) is 0 Å². The zero-order valence-electron chi connectivity index (χ0n) is 11.7. The maximum Gasteiger partial charge on any atom is 0.265 e. The van der Waals surface area contributed by atoms with Crippen molar-refractivity contribution in [3.63, 3.8) is 0 Å². The number of aromatic nitrogens is 1. The second-order valence-corrected chi connectivity index (χ2v) is 6.65. The van der Waals surface area contributed by atoms with Gasteiger partial charge in [0.05, 0.1) is 11.3 Å². The molecular weight excluding hydrogens is 294 g/mol. The Morgan fingerprint density at radius 3 is 2.55 bits per heavy atom. The number of carbonyl (C=O) groups excluding carboxylic acids is 2. The van der Waals surface area contributed by atoms with Crippen LogP contribution in [0.25, 0.3) is 0 Å². The lowest BCUT2D eigenvalue weighted by Gasteiger charge is -2.07. The van der Waals surface area contributed by atoms with Crippen molar-refractivity contribution in [2.45, 2.75) is 13.8 Å². The molecule has 0 atom stereocenters. The maximum atomic E-state index is 12.0. The van der Waals surface area contributed by atoms with Gasteiger partial charge in [-0.25, -0.2) is 4.98 Å². The van der Waals surface area contributed by atoms with Gasteiger partial charge >= 0.3 is 0 Å². The minimum atomic E-state index is -0.202. The number of carbonyl (C=O) groups is 2. The van der Waals surface area contributed by atoms with Gasteiger partial charge in [-0.1, -0.05) is 11.3 Å². The Bertz CT molecular complexity index is 658. The second kappa shape index (κ2) is 5.72. The second-order valence-electron chi connectivity index (χ2n) is 4.53. The molecule has 106 valence electrons. The molecule has 0 aliphatic heterocycles. The molecular formula is C13H15N3O2S2. The van der Waals surface area contributed by atoms with Crippen LogP contribution in [0.4, 0.5) is 5.13 Å². The first-order valence-corrected chi connectivity index (χ1v) is 7.63. The van der Waals surface area contributed by atoms with Crippen LogP contribution in [0.1, 0.15) is 30.6 Å². The quantitative estimate of drug-likeness (QED) is 0.948. The Kier molecular flexibility index (Phi) is 4.20. The van der Waals surface area contributed by atoms with Gasteiger partial charge in [0.15, 0.2) is 5.13 Å². The van der Waals surface area contributed by atoms with E-state index < -0.39 is 0 Å². The zero-order chi connectivity index (χ0) is 14.9. The molecule has 2 aromatic heterocycles. The fourth-order valence-corrected chi connectivity index (χ4v) is 3.25. The Labute approximate surface area is 125 Å². The van der Waals surface area contributed by atoms with Crippen molar-refractivity contribution in [2.75, 3.05) is 19.4 Å². The third kappa shape index (κ3) is 3.05. The predicted octanol–water partition coefficient (Wildman–Crippen LogP) is 2.78. The number of nitrogens with zero attached hydrogens (tertiary/aromatic N) is 2. The van der Waals surface area contributed by atoms with Gasteiger partial charge in [-0.2, -0.15) is 0 Å². The third-order valence-electron chi connectivity index (χ3n) is 2.61. The Hall–Kier alpha value is -1.73. The van der Waals surface area contributed by atoms with Gasteiger partial charge in [0.25, 0.3) is 11.8 Å². The van der Waals surface area contributed by atoms with Crippen LogP contribution in [-0.4, -0.2) is 35.8 Å². The molecule has 0 saturated carbocycles. The van der Waals surface area contributed by atoms with Gasteiger partial charge in [0.1, 0.15) is 4.88 Å². The molecule has 0 radical (unpaired) electrons. The molecule has 0 fully saturated rings. The van der Waals surface area contributed by atoms with E-state index >= 15 is 0 Å². The van der Waals surface area contributed by atoms with Crippen LogP contribution >= 0.6 is 22.7 Å². The predicted molar refractivity (Wildman–Crippen MR) is 81.9 cm³/mol. The zero-order valence-corrected chi connectivity index (χ0v) is 13.3. The molecule has 0 aliphatic rings. The van der Waals surface area contributed by atoms with Crippen molar-refractivity contribution < 1.29 is 9.59 Å². The number of thiazole rings is 1. The molecule has 0 aromatic carbocycles. The van der Waals surface area contributed by atoms with Crippen LogP contribution in [0.3, 0.4) is 0 Å². The molecule has 1 N–H and O–H groups in total. The summed E-state index contributed by atoms with van der Waals surface area (Å²) in [5.41, 5.74) is 1.24. The topological polar surface area (TPSA) is 62.3 Å². The average molecular weight is 309 g/mol. The SMILES string of the molecule is Cc1cc(C(=O)Nc2nc(C)c(C(=O)N(C)C)s2)cs1. The van der Waals surface area contributed by atoms with E-state index in [0.717, 1.165) is 4.88 Å². The van der Waals surface area contributed by atoms with Gasteiger partial charge in [-0.05, 0) is 19.9 Å². The molecule has 0 bridgehead atoms. The maximum absolute atomic E-state index is 12.0. The van der Waals surface area contributed by atoms with E-state index in [9.17, 15) is 9.59 Å². The van der Waals surface area contributed by atoms with Crippen LogP contribution in [0.5, 0.6) is 0 Å². The fraction of sp³-hybridized carbons (Fsp3) is 0.308. The third-order valence-corrected chi connectivity index (χ3v) is 4.53. The highest BCUT2D eigenvalue weighted by Crippen LogP contribution is 2.24. The van der Waals surface area contributed by atoms with E-state index in [1.807, 2.05) is 13.0 Å². The van der Waals surface area contributed by atoms with Crippen LogP contribution in [0.15, 0.2) is 11.4 Å². The number of thiophene rings is 1. The molecule has 20 heavy (non-hydrogen) atoms. The van der Waals surface area contributed by atoms with E-state index in [4.69, 9.17) is 0 Å². The largest absolute Gasteiger partial charge is 0.344 e. The van der Waals surface area contributed by atoms with Crippen LogP contribution in [-0.2, 0) is 0 Å². The Morgan fingerprint density at radius 2 is 2.00 bits per heavy atom. The molecule has 0 saturated heterocycles. The lowest BCUT2D eigenvalue weighted by molar-refractivity contribution is 0.0831. The molecule has 2 heterocycles. The minimum absolute atomic E-state index is 0.105. The summed E-state index contributed by atoms with van der Waals surface area (Å²) >= 11 is 2.72. The number of aryl methyl sites for hydroxylation is 2. The highest BCUT2D eigenvalue weighted by atomic mass is 32.1. The number of hydrogen-bond donors (Lipinski definition) is 1. The number of rotatable bonds is 3. The number of nitrogens with one attached hydrogen (secondary N) is 1. The Morgan fingerprint density at radius 1 is 1.30 bits per heavy atom. The van der Waals surface area contributed by atoms with Gasteiger partial charge in [-0.15, -0.1) is 11.3 Å². The fourth-order valence-electron chi connectivity index (χ4n) is 1.58. The monoisotopic (exact) mass is 309 g/mol. The highest BCUT2D eigenvalue weighted by Gasteiger charge is 2.18. The smallest absolute Gasteiger partial charge is 0.265 e. The molecule has 5 nitrogen and oxygen atoms in total. The van der Waals surface area contributed by atoms with E-state index in [1.165, 1.54) is 27.6 Å². The summed E-state index contributed by atoms with van der Waals surface area (Å²) in [5.74, 6) is -0.307. The number of amides is 2. The minimum Gasteiger partial charge on any atom is -0.344 e.